The van der Waals surface area contributed by atoms with Gasteiger partial charge in [0.2, 0.25) is 0 Å². The van der Waals surface area contributed by atoms with E-state index in [0.717, 1.165) is 22.3 Å². The number of para-hydroxylation sites is 2. The van der Waals surface area contributed by atoms with Gasteiger partial charge in [-0.1, -0.05) is 24.3 Å². The predicted octanol–water partition coefficient (Wildman–Crippen LogP) is 1.84. The van der Waals surface area contributed by atoms with Crippen molar-refractivity contribution < 1.29 is 36.1 Å². The quantitative estimate of drug-likeness (QED) is 0.220. The van der Waals surface area contributed by atoms with Gasteiger partial charge in [-0.25, -0.2) is 26.4 Å². The van der Waals surface area contributed by atoms with Gasteiger partial charge in [-0.3, -0.25) is 9.98 Å². The number of nitrogens with zero attached hydrogens (tertiary/aromatic N) is 4. The second-order valence-corrected chi connectivity index (χ2v) is 15.8. The lowest BCUT2D eigenvalue weighted by atomic mass is 10.3. The lowest BCUT2D eigenvalue weighted by Crippen LogP contribution is -2.38. The first-order valence-corrected chi connectivity index (χ1v) is 17.8. The second-order valence-electron chi connectivity index (χ2n) is 10.9. The second kappa shape index (κ2) is 14.8. The summed E-state index contributed by atoms with van der Waals surface area (Å²) in [5.41, 5.74) is 0.242. The maximum atomic E-state index is 13.1. The van der Waals surface area contributed by atoms with E-state index in [2.05, 4.69) is 20.6 Å². The summed E-state index contributed by atoms with van der Waals surface area (Å²) in [5, 5.41) is 6.86. The van der Waals surface area contributed by atoms with Crippen LogP contribution < -0.4 is 20.8 Å². The molecule has 46 heavy (non-hydrogen) atoms. The molecule has 2 N–H and O–H groups in total. The highest BCUT2D eigenvalue weighted by atomic mass is 32.2. The molecule has 0 radical (unpaired) electrons. The number of anilines is 2. The number of benzene rings is 2. The molecule has 0 spiro atoms. The Bertz CT molecular complexity index is 1630. The Morgan fingerprint density at radius 1 is 0.717 bits per heavy atom. The van der Waals surface area contributed by atoms with Crippen LogP contribution in [0.25, 0.3) is 0 Å². The minimum atomic E-state index is -3.77. The van der Waals surface area contributed by atoms with Crippen LogP contribution in [0.2, 0.25) is 0 Å². The lowest BCUT2D eigenvalue weighted by Gasteiger charge is -2.26. The number of hydrogen-bond donors (Lipinski definition) is 2. The van der Waals surface area contributed by atoms with Crippen molar-refractivity contribution in [3.8, 4) is 0 Å². The van der Waals surface area contributed by atoms with Crippen molar-refractivity contribution in [1.29, 1.82) is 0 Å². The first-order valence-electron chi connectivity index (χ1n) is 14.7. The van der Waals surface area contributed by atoms with Gasteiger partial charge in [-0.15, -0.1) is 0 Å². The Morgan fingerprint density at radius 3 is 1.41 bits per heavy atom. The Hall–Kier alpha value is -4.44. The van der Waals surface area contributed by atoms with Crippen molar-refractivity contribution in [2.45, 2.75) is 48.0 Å². The van der Waals surface area contributed by atoms with Gasteiger partial charge in [0, 0.05) is 25.2 Å². The van der Waals surface area contributed by atoms with Crippen LogP contribution in [0.4, 0.5) is 11.4 Å². The third-order valence-electron chi connectivity index (χ3n) is 6.95. The molecule has 0 saturated heterocycles. The number of rotatable bonds is 14. The van der Waals surface area contributed by atoms with Crippen LogP contribution in [0.3, 0.4) is 0 Å². The van der Waals surface area contributed by atoms with E-state index in [1.54, 1.807) is 52.0 Å². The fourth-order valence-corrected chi connectivity index (χ4v) is 6.92. The van der Waals surface area contributed by atoms with Crippen LogP contribution in [-0.2, 0) is 38.9 Å². The molecule has 0 amide bonds. The summed E-state index contributed by atoms with van der Waals surface area (Å²) in [4.78, 5) is 45.7. The molecule has 4 rings (SSSR count). The molecular weight excluding hydrogens is 636 g/mol. The molecule has 16 heteroatoms. The summed E-state index contributed by atoms with van der Waals surface area (Å²) in [7, 11) is -7.53. The Kier molecular flexibility index (Phi) is 11.1. The van der Waals surface area contributed by atoms with Crippen LogP contribution in [0.15, 0.2) is 80.5 Å². The maximum absolute atomic E-state index is 13.1. The Balaban J connectivity index is 1.57. The molecule has 2 aromatic carbocycles. The minimum absolute atomic E-state index is 0.0334. The van der Waals surface area contributed by atoms with E-state index in [0.29, 0.717) is 37.9 Å². The van der Waals surface area contributed by atoms with Gasteiger partial charge in [0.1, 0.15) is 24.8 Å². The third-order valence-corrected chi connectivity index (χ3v) is 11.4. The van der Waals surface area contributed by atoms with Gasteiger partial charge in [0.25, 0.3) is 0 Å². The molecule has 2 aliphatic heterocycles. The van der Waals surface area contributed by atoms with Crippen LogP contribution in [0.1, 0.15) is 27.7 Å². The standard InChI is InChI=1S/C30H38N6O8S2/c1-21(2)45(39,40)25-11-7-5-9-23(25)35(19-27-31-15-16-32-27)43-29(37)13-14-30(38)44-36(20-28-33-17-18-34-28)24-10-6-8-12-26(24)46(41,42)22(3)4/h5-14,21-22H,15-20H2,1-4H3,(H,31,32)(H,33,34)/b14-13+. The van der Waals surface area contributed by atoms with Gasteiger partial charge in [-0.05, 0) is 52.0 Å². The highest BCUT2D eigenvalue weighted by Crippen LogP contribution is 2.30. The summed E-state index contributed by atoms with van der Waals surface area (Å²) < 4.78 is 52.5. The van der Waals surface area contributed by atoms with Crippen LogP contribution in [-0.4, -0.2) is 90.2 Å². The largest absolute Gasteiger partial charge is 0.370 e. The highest BCUT2D eigenvalue weighted by molar-refractivity contribution is 7.92. The third kappa shape index (κ3) is 8.23. The van der Waals surface area contributed by atoms with Crippen molar-refractivity contribution in [3.63, 3.8) is 0 Å². The Morgan fingerprint density at radius 2 is 1.09 bits per heavy atom. The van der Waals surface area contributed by atoms with Crippen LogP contribution >= 0.6 is 0 Å². The molecule has 14 nitrogen and oxygen atoms in total. The smallest absolute Gasteiger partial charge is 0.356 e. The number of hydrogen-bond acceptors (Lipinski definition) is 14. The SMILES string of the molecule is CC(C)S(=O)(=O)c1ccccc1N(CC1=NCCN1)OC(=O)/C=C/C(=O)ON(CC1=NCCN1)c1ccccc1S(=O)(=O)C(C)C. The first kappa shape index (κ1) is 34.4. The predicted molar refractivity (Wildman–Crippen MR) is 174 cm³/mol. The summed E-state index contributed by atoms with van der Waals surface area (Å²) in [6.07, 6.45) is 1.66. The van der Waals surface area contributed by atoms with E-state index >= 15 is 0 Å². The molecule has 2 aromatic rings. The Labute approximate surface area is 268 Å². The number of hydroxylamine groups is 2. The molecule has 2 aliphatic rings. The number of aliphatic imine (C=N–C) groups is 2. The molecular formula is C30H38N6O8S2. The van der Waals surface area contributed by atoms with Crippen molar-refractivity contribution in [2.75, 3.05) is 49.4 Å². The topological polar surface area (TPSA) is 176 Å². The van der Waals surface area contributed by atoms with Gasteiger partial charge in [0.15, 0.2) is 19.7 Å². The molecule has 2 heterocycles. The molecule has 0 unspecified atom stereocenters. The van der Waals surface area contributed by atoms with E-state index in [1.807, 2.05) is 0 Å². The van der Waals surface area contributed by atoms with Gasteiger partial charge < -0.3 is 20.3 Å². The fraction of sp³-hybridized carbons (Fsp3) is 0.400. The van der Waals surface area contributed by atoms with Crippen molar-refractivity contribution in [3.05, 3.63) is 60.7 Å². The minimum Gasteiger partial charge on any atom is -0.370 e. The zero-order valence-corrected chi connectivity index (χ0v) is 27.7. The highest BCUT2D eigenvalue weighted by Gasteiger charge is 2.29. The van der Waals surface area contributed by atoms with Crippen LogP contribution in [0.5, 0.6) is 0 Å². The van der Waals surface area contributed by atoms with E-state index in [4.69, 9.17) is 9.68 Å². The van der Waals surface area contributed by atoms with Crippen LogP contribution in [0, 0.1) is 0 Å². The van der Waals surface area contributed by atoms with E-state index in [-0.39, 0.29) is 34.3 Å². The summed E-state index contributed by atoms with van der Waals surface area (Å²) in [6.45, 7) is 8.23. The average Bonchev–Trinajstić information content (AvgIpc) is 3.74. The molecule has 0 aliphatic carbocycles. The van der Waals surface area contributed by atoms with E-state index in [9.17, 15) is 26.4 Å². The molecule has 0 saturated carbocycles. The molecule has 0 aromatic heterocycles. The summed E-state index contributed by atoms with van der Waals surface area (Å²) in [6, 6.07) is 12.2. The van der Waals surface area contributed by atoms with Gasteiger partial charge >= 0.3 is 11.9 Å². The van der Waals surface area contributed by atoms with Gasteiger partial charge in [-0.2, -0.15) is 10.1 Å². The zero-order chi connectivity index (χ0) is 33.5. The first-order chi connectivity index (χ1) is 21.8. The normalized spacial score (nSPS) is 14.9. The van der Waals surface area contributed by atoms with Crippen molar-refractivity contribution >= 4 is 54.7 Å². The maximum Gasteiger partial charge on any atom is 0.356 e. The number of carbonyl (C=O) groups is 2. The molecule has 0 atom stereocenters. The molecule has 248 valence electrons. The van der Waals surface area contributed by atoms with E-state index in [1.165, 1.54) is 24.3 Å². The van der Waals surface area contributed by atoms with E-state index < -0.39 is 42.1 Å². The summed E-state index contributed by atoms with van der Waals surface area (Å²) >= 11 is 0. The fourth-order valence-electron chi connectivity index (χ4n) is 4.44. The zero-order valence-electron chi connectivity index (χ0n) is 26.0. The van der Waals surface area contributed by atoms with Gasteiger partial charge in [0.05, 0.1) is 44.8 Å². The number of sulfone groups is 2. The average molecular weight is 675 g/mol. The number of nitrogens with one attached hydrogen (secondary N) is 2. The molecule has 0 fully saturated rings. The molecule has 0 bridgehead atoms. The number of amidine groups is 2. The monoisotopic (exact) mass is 674 g/mol. The summed E-state index contributed by atoms with van der Waals surface area (Å²) in [5.74, 6) is -1.02. The number of carbonyl (C=O) groups excluding carboxylic acids is 2. The van der Waals surface area contributed by atoms with Crippen molar-refractivity contribution in [2.24, 2.45) is 9.98 Å². The lowest BCUT2D eigenvalue weighted by molar-refractivity contribution is -0.141. The van der Waals surface area contributed by atoms with Crippen molar-refractivity contribution in [1.82, 2.24) is 10.6 Å².